The van der Waals surface area contributed by atoms with Crippen molar-refractivity contribution in [2.75, 3.05) is 6.61 Å². The van der Waals surface area contributed by atoms with Crippen LogP contribution in [0.5, 0.6) is 5.75 Å². The molecule has 7 heteroatoms. The summed E-state index contributed by atoms with van der Waals surface area (Å²) in [6.45, 7) is 0.420. The van der Waals surface area contributed by atoms with Crippen LogP contribution in [0.2, 0.25) is 5.02 Å². The van der Waals surface area contributed by atoms with Gasteiger partial charge >= 0.3 is 6.18 Å². The molecule has 132 valence electrons. The number of halogens is 4. The fourth-order valence-electron chi connectivity index (χ4n) is 2.68. The van der Waals surface area contributed by atoms with Crippen LogP contribution in [-0.2, 0) is 23.9 Å². The molecule has 0 radical (unpaired) electrons. The van der Waals surface area contributed by atoms with Gasteiger partial charge in [0.25, 0.3) is 0 Å². The zero-order valence-corrected chi connectivity index (χ0v) is 13.8. The first kappa shape index (κ1) is 17.6. The van der Waals surface area contributed by atoms with E-state index in [0.29, 0.717) is 17.0 Å². The second kappa shape index (κ2) is 6.96. The Hall–Kier alpha value is -2.21. The van der Waals surface area contributed by atoms with Crippen LogP contribution in [0, 0.1) is 5.92 Å². The maximum Gasteiger partial charge on any atom is 0.416 e. The van der Waals surface area contributed by atoms with E-state index in [9.17, 15) is 18.0 Å². The van der Waals surface area contributed by atoms with Crippen LogP contribution < -0.4 is 10.1 Å². The van der Waals surface area contributed by atoms with Crippen molar-refractivity contribution < 1.29 is 22.7 Å². The van der Waals surface area contributed by atoms with Gasteiger partial charge in [0.2, 0.25) is 5.91 Å². The highest BCUT2D eigenvalue weighted by Crippen LogP contribution is 2.30. The standard InChI is InChI=1S/C18H15ClF3NO2/c19-15-5-6-16-12(8-15)7-13(10-25-16)17(24)23-9-11-1-3-14(4-2-11)18(20,21)22/h1-6,8,13H,7,9-10H2,(H,23,24)/t13-/m0/s1. The van der Waals surface area contributed by atoms with Crippen LogP contribution in [0.4, 0.5) is 13.2 Å². The van der Waals surface area contributed by atoms with E-state index < -0.39 is 11.7 Å². The van der Waals surface area contributed by atoms with E-state index in [2.05, 4.69) is 5.32 Å². The molecule has 25 heavy (non-hydrogen) atoms. The van der Waals surface area contributed by atoms with Crippen molar-refractivity contribution in [3.8, 4) is 5.75 Å². The number of carbonyl (C=O) groups excluding carboxylic acids is 1. The number of fused-ring (bicyclic) bond motifs is 1. The molecule has 0 unspecified atom stereocenters. The molecule has 0 aromatic heterocycles. The highest BCUT2D eigenvalue weighted by Gasteiger charge is 2.30. The van der Waals surface area contributed by atoms with Crippen molar-refractivity contribution in [2.45, 2.75) is 19.1 Å². The third kappa shape index (κ3) is 4.25. The Bertz CT molecular complexity index is 775. The zero-order valence-electron chi connectivity index (χ0n) is 13.1. The van der Waals surface area contributed by atoms with Crippen molar-refractivity contribution in [3.63, 3.8) is 0 Å². The summed E-state index contributed by atoms with van der Waals surface area (Å²) in [5.74, 6) is 0.155. The normalized spacial score (nSPS) is 16.7. The highest BCUT2D eigenvalue weighted by atomic mass is 35.5. The van der Waals surface area contributed by atoms with Crippen LogP contribution in [-0.4, -0.2) is 12.5 Å². The first-order valence-corrected chi connectivity index (χ1v) is 8.06. The minimum atomic E-state index is -4.37. The second-order valence-electron chi connectivity index (χ2n) is 5.88. The number of alkyl halides is 3. The Balaban J connectivity index is 1.58. The molecular weight excluding hydrogens is 355 g/mol. The Labute approximate surface area is 147 Å². The molecular formula is C18H15ClF3NO2. The minimum absolute atomic E-state index is 0.163. The monoisotopic (exact) mass is 369 g/mol. The van der Waals surface area contributed by atoms with E-state index in [1.54, 1.807) is 18.2 Å². The van der Waals surface area contributed by atoms with Gasteiger partial charge in [0.05, 0.1) is 11.5 Å². The van der Waals surface area contributed by atoms with Crippen LogP contribution in [0.1, 0.15) is 16.7 Å². The summed E-state index contributed by atoms with van der Waals surface area (Å²) in [6, 6.07) is 9.99. The van der Waals surface area contributed by atoms with Gasteiger partial charge in [0.1, 0.15) is 12.4 Å². The molecule has 0 bridgehead atoms. The van der Waals surface area contributed by atoms with E-state index in [-0.39, 0.29) is 25.0 Å². The molecule has 0 spiro atoms. The molecule has 1 amide bonds. The molecule has 1 aliphatic heterocycles. The van der Waals surface area contributed by atoms with Gasteiger partial charge in [-0.15, -0.1) is 0 Å². The molecule has 1 atom stereocenters. The Morgan fingerprint density at radius 2 is 1.92 bits per heavy atom. The Morgan fingerprint density at radius 3 is 2.60 bits per heavy atom. The molecule has 2 aromatic rings. The van der Waals surface area contributed by atoms with Crippen molar-refractivity contribution in [2.24, 2.45) is 5.92 Å². The number of carbonyl (C=O) groups is 1. The number of amides is 1. The molecule has 1 aliphatic rings. The van der Waals surface area contributed by atoms with E-state index in [4.69, 9.17) is 16.3 Å². The largest absolute Gasteiger partial charge is 0.492 e. The lowest BCUT2D eigenvalue weighted by molar-refractivity contribution is -0.137. The van der Waals surface area contributed by atoms with Gasteiger partial charge in [-0.05, 0) is 47.9 Å². The topological polar surface area (TPSA) is 38.3 Å². The Morgan fingerprint density at radius 1 is 1.20 bits per heavy atom. The van der Waals surface area contributed by atoms with E-state index in [1.807, 2.05) is 0 Å². The molecule has 1 N–H and O–H groups in total. The minimum Gasteiger partial charge on any atom is -0.492 e. The quantitative estimate of drug-likeness (QED) is 0.879. The first-order valence-electron chi connectivity index (χ1n) is 7.68. The van der Waals surface area contributed by atoms with Crippen molar-refractivity contribution >= 4 is 17.5 Å². The van der Waals surface area contributed by atoms with Gasteiger partial charge in [-0.1, -0.05) is 23.7 Å². The zero-order chi connectivity index (χ0) is 18.0. The number of benzene rings is 2. The lowest BCUT2D eigenvalue weighted by Crippen LogP contribution is -2.37. The van der Waals surface area contributed by atoms with Crippen LogP contribution in [0.25, 0.3) is 0 Å². The highest BCUT2D eigenvalue weighted by molar-refractivity contribution is 6.30. The molecule has 0 aliphatic carbocycles. The van der Waals surface area contributed by atoms with Crippen LogP contribution >= 0.6 is 11.6 Å². The van der Waals surface area contributed by atoms with Crippen molar-refractivity contribution in [1.82, 2.24) is 5.32 Å². The Kier molecular flexibility index (Phi) is 4.90. The summed E-state index contributed by atoms with van der Waals surface area (Å²) >= 11 is 5.95. The lowest BCUT2D eigenvalue weighted by atomic mass is 9.96. The molecule has 3 rings (SSSR count). The van der Waals surface area contributed by atoms with Gasteiger partial charge in [0.15, 0.2) is 0 Å². The van der Waals surface area contributed by atoms with Gasteiger partial charge in [0, 0.05) is 11.6 Å². The number of hydrogen-bond acceptors (Lipinski definition) is 2. The summed E-state index contributed by atoms with van der Waals surface area (Å²) in [6.07, 6.45) is -3.86. The fraction of sp³-hybridized carbons (Fsp3) is 0.278. The van der Waals surface area contributed by atoms with E-state index >= 15 is 0 Å². The van der Waals surface area contributed by atoms with Gasteiger partial charge in [-0.2, -0.15) is 13.2 Å². The fourth-order valence-corrected chi connectivity index (χ4v) is 2.87. The summed E-state index contributed by atoms with van der Waals surface area (Å²) in [5.41, 5.74) is 0.756. The van der Waals surface area contributed by atoms with Gasteiger partial charge < -0.3 is 10.1 Å². The summed E-state index contributed by atoms with van der Waals surface area (Å²) in [5, 5.41) is 3.32. The smallest absolute Gasteiger partial charge is 0.416 e. The third-order valence-electron chi connectivity index (χ3n) is 4.05. The summed E-state index contributed by atoms with van der Waals surface area (Å²) in [4.78, 5) is 12.3. The number of nitrogens with one attached hydrogen (secondary N) is 1. The molecule has 0 saturated carbocycles. The molecule has 3 nitrogen and oxygen atoms in total. The lowest BCUT2D eigenvalue weighted by Gasteiger charge is -2.24. The predicted octanol–water partition coefficient (Wildman–Crippen LogP) is 4.23. The average molecular weight is 370 g/mol. The first-order chi connectivity index (χ1) is 11.8. The summed E-state index contributed by atoms with van der Waals surface area (Å²) < 4.78 is 43.2. The maximum atomic E-state index is 12.5. The number of hydrogen-bond donors (Lipinski definition) is 1. The second-order valence-corrected chi connectivity index (χ2v) is 6.31. The van der Waals surface area contributed by atoms with Crippen LogP contribution in [0.3, 0.4) is 0 Å². The van der Waals surface area contributed by atoms with Gasteiger partial charge in [-0.3, -0.25) is 4.79 Å². The van der Waals surface area contributed by atoms with Crippen LogP contribution in [0.15, 0.2) is 42.5 Å². The summed E-state index contributed by atoms with van der Waals surface area (Å²) in [7, 11) is 0. The molecule has 2 aromatic carbocycles. The average Bonchev–Trinajstić information content (AvgIpc) is 2.58. The number of ether oxygens (including phenoxy) is 1. The molecule has 0 saturated heterocycles. The SMILES string of the molecule is O=C(NCc1ccc(C(F)(F)F)cc1)[C@@H]1COc2ccc(Cl)cc2C1. The maximum absolute atomic E-state index is 12.5. The van der Waals surface area contributed by atoms with E-state index in [1.165, 1.54) is 12.1 Å². The third-order valence-corrected chi connectivity index (χ3v) is 4.28. The number of rotatable bonds is 3. The van der Waals surface area contributed by atoms with Crippen molar-refractivity contribution in [1.29, 1.82) is 0 Å². The van der Waals surface area contributed by atoms with Crippen molar-refractivity contribution in [3.05, 3.63) is 64.2 Å². The molecule has 0 fully saturated rings. The predicted molar refractivity (Wildman–Crippen MR) is 87.4 cm³/mol. The van der Waals surface area contributed by atoms with Gasteiger partial charge in [-0.25, -0.2) is 0 Å². The van der Waals surface area contributed by atoms with E-state index in [0.717, 1.165) is 23.4 Å². The molecule has 1 heterocycles.